The van der Waals surface area contributed by atoms with Gasteiger partial charge in [-0.25, -0.2) is 4.98 Å². The van der Waals surface area contributed by atoms with Crippen LogP contribution in [0.5, 0.6) is 5.75 Å². The van der Waals surface area contributed by atoms with Crippen molar-refractivity contribution >= 4 is 34.0 Å². The number of carbonyl (C=O) groups excluding carboxylic acids is 1. The molecule has 226 valence electrons. The predicted octanol–water partition coefficient (Wildman–Crippen LogP) is 5.34. The summed E-state index contributed by atoms with van der Waals surface area (Å²) in [7, 11) is 0. The van der Waals surface area contributed by atoms with Crippen LogP contribution in [0.15, 0.2) is 99.2 Å². The van der Waals surface area contributed by atoms with Gasteiger partial charge >= 0.3 is 0 Å². The minimum Gasteiger partial charge on any atom is -0.484 e. The fourth-order valence-corrected chi connectivity index (χ4v) is 5.66. The number of fused-ring (bicyclic) bond motifs is 2. The normalized spacial score (nSPS) is 13.7. The molecule has 0 saturated carbocycles. The van der Waals surface area contributed by atoms with Crippen LogP contribution < -0.4 is 10.3 Å². The highest BCUT2D eigenvalue weighted by Crippen LogP contribution is 2.27. The average molecular weight is 602 g/mol. The Balaban J connectivity index is 1.17. The molecule has 6 aromatic rings. The van der Waals surface area contributed by atoms with Crippen LogP contribution in [0.3, 0.4) is 0 Å². The van der Waals surface area contributed by atoms with Crippen molar-refractivity contribution in [3.05, 3.63) is 112 Å². The van der Waals surface area contributed by atoms with E-state index in [-0.39, 0.29) is 18.1 Å². The standard InChI is InChI=1S/C35H31N5O5/c1-23-19-26(24(2)39(23)27-11-13-28(14-12-27)44-22-33(41)38-15-17-43-18-16-38)21-36-40-34(32-20-25-7-3-6-10-31(25)45-32)37-30-9-5-4-8-29(30)35(40)42/h3-14,19-21H,15-18,22H2,1-2H3. The van der Waals surface area contributed by atoms with Crippen molar-refractivity contribution in [2.24, 2.45) is 5.10 Å². The highest BCUT2D eigenvalue weighted by Gasteiger charge is 2.19. The van der Waals surface area contributed by atoms with E-state index in [0.29, 0.717) is 60.1 Å². The molecule has 0 aliphatic carbocycles. The van der Waals surface area contributed by atoms with Gasteiger partial charge in [0.15, 0.2) is 12.4 Å². The van der Waals surface area contributed by atoms with E-state index in [1.807, 2.05) is 92.7 Å². The first-order chi connectivity index (χ1) is 22.0. The lowest BCUT2D eigenvalue weighted by molar-refractivity contribution is -0.137. The fourth-order valence-electron chi connectivity index (χ4n) is 5.66. The molecule has 1 fully saturated rings. The summed E-state index contributed by atoms with van der Waals surface area (Å²) in [6.07, 6.45) is 1.68. The Morgan fingerprint density at radius 1 is 0.978 bits per heavy atom. The molecule has 4 heterocycles. The van der Waals surface area contributed by atoms with E-state index in [2.05, 4.69) is 9.67 Å². The summed E-state index contributed by atoms with van der Waals surface area (Å²) >= 11 is 0. The maximum atomic E-state index is 13.7. The Kier molecular flexibility index (Phi) is 7.48. The lowest BCUT2D eigenvalue weighted by atomic mass is 10.2. The van der Waals surface area contributed by atoms with Gasteiger partial charge in [-0.3, -0.25) is 9.59 Å². The average Bonchev–Trinajstić information content (AvgIpc) is 3.63. The number of amides is 1. The van der Waals surface area contributed by atoms with Crippen molar-refractivity contribution < 1.29 is 18.7 Å². The van der Waals surface area contributed by atoms with Crippen LogP contribution in [-0.2, 0) is 9.53 Å². The minimum absolute atomic E-state index is 0.0133. The molecule has 1 aliphatic rings. The van der Waals surface area contributed by atoms with E-state index in [1.165, 1.54) is 4.68 Å². The third-order valence-electron chi connectivity index (χ3n) is 8.00. The van der Waals surface area contributed by atoms with Crippen molar-refractivity contribution in [2.75, 3.05) is 32.9 Å². The van der Waals surface area contributed by atoms with Crippen LogP contribution in [0.2, 0.25) is 0 Å². The second-order valence-corrected chi connectivity index (χ2v) is 10.9. The van der Waals surface area contributed by atoms with Gasteiger partial charge in [0.25, 0.3) is 11.5 Å². The summed E-state index contributed by atoms with van der Waals surface area (Å²) in [5.74, 6) is 1.34. The quantitative estimate of drug-likeness (QED) is 0.229. The van der Waals surface area contributed by atoms with E-state index in [1.54, 1.807) is 17.2 Å². The number of aromatic nitrogens is 3. The molecular weight excluding hydrogens is 570 g/mol. The Hall–Kier alpha value is -5.48. The molecule has 45 heavy (non-hydrogen) atoms. The molecule has 1 aliphatic heterocycles. The topological polar surface area (TPSA) is 104 Å². The summed E-state index contributed by atoms with van der Waals surface area (Å²) in [6, 6.07) is 26.4. The van der Waals surface area contributed by atoms with Crippen molar-refractivity contribution in [1.82, 2.24) is 19.1 Å². The first-order valence-corrected chi connectivity index (χ1v) is 14.8. The van der Waals surface area contributed by atoms with Crippen LogP contribution in [0, 0.1) is 13.8 Å². The van der Waals surface area contributed by atoms with Gasteiger partial charge in [-0.05, 0) is 68.4 Å². The number of carbonyl (C=O) groups is 1. The van der Waals surface area contributed by atoms with Crippen molar-refractivity contribution in [3.8, 4) is 23.0 Å². The maximum absolute atomic E-state index is 13.7. The minimum atomic E-state index is -0.288. The number of morpholine rings is 1. The lowest BCUT2D eigenvalue weighted by Gasteiger charge is -2.26. The molecular formula is C35H31N5O5. The zero-order valence-corrected chi connectivity index (χ0v) is 25.0. The Bertz CT molecular complexity index is 2080. The molecule has 0 radical (unpaired) electrons. The Morgan fingerprint density at radius 2 is 1.73 bits per heavy atom. The molecule has 1 amide bonds. The van der Waals surface area contributed by atoms with Gasteiger partial charge in [0, 0.05) is 41.1 Å². The summed E-state index contributed by atoms with van der Waals surface area (Å²) in [5.41, 5.74) is 4.70. The monoisotopic (exact) mass is 601 g/mol. The van der Waals surface area contributed by atoms with Crippen molar-refractivity contribution in [3.63, 3.8) is 0 Å². The van der Waals surface area contributed by atoms with Crippen molar-refractivity contribution in [1.29, 1.82) is 0 Å². The smallest absolute Gasteiger partial charge is 0.282 e. The molecule has 7 rings (SSSR count). The van der Waals surface area contributed by atoms with E-state index >= 15 is 0 Å². The number of benzene rings is 3. The number of para-hydroxylation sites is 2. The molecule has 10 heteroatoms. The number of hydrogen-bond acceptors (Lipinski definition) is 7. The molecule has 0 N–H and O–H groups in total. The first-order valence-electron chi connectivity index (χ1n) is 14.8. The number of ether oxygens (including phenoxy) is 2. The summed E-state index contributed by atoms with van der Waals surface area (Å²) in [4.78, 5) is 32.7. The van der Waals surface area contributed by atoms with Gasteiger partial charge in [0.05, 0.1) is 30.3 Å². The highest BCUT2D eigenvalue weighted by molar-refractivity contribution is 5.85. The van der Waals surface area contributed by atoms with Crippen LogP contribution in [0.1, 0.15) is 17.0 Å². The number of furan rings is 1. The van der Waals surface area contributed by atoms with E-state index in [0.717, 1.165) is 28.0 Å². The van der Waals surface area contributed by atoms with Crippen LogP contribution in [0.25, 0.3) is 39.1 Å². The van der Waals surface area contributed by atoms with Crippen LogP contribution >= 0.6 is 0 Å². The first kappa shape index (κ1) is 28.3. The zero-order chi connectivity index (χ0) is 30.9. The highest BCUT2D eigenvalue weighted by atomic mass is 16.5. The molecule has 0 bridgehead atoms. The van der Waals surface area contributed by atoms with Gasteiger partial charge in [-0.1, -0.05) is 30.3 Å². The second-order valence-electron chi connectivity index (χ2n) is 10.9. The third kappa shape index (κ3) is 5.51. The third-order valence-corrected chi connectivity index (χ3v) is 8.00. The maximum Gasteiger partial charge on any atom is 0.282 e. The Labute approximate surface area is 258 Å². The number of nitrogens with zero attached hydrogens (tertiary/aromatic N) is 5. The van der Waals surface area contributed by atoms with E-state index in [4.69, 9.17) is 18.9 Å². The Morgan fingerprint density at radius 3 is 2.53 bits per heavy atom. The summed E-state index contributed by atoms with van der Waals surface area (Å²) in [6.45, 7) is 6.29. The van der Waals surface area contributed by atoms with Gasteiger partial charge in [0.1, 0.15) is 11.3 Å². The van der Waals surface area contributed by atoms with E-state index in [9.17, 15) is 9.59 Å². The summed E-state index contributed by atoms with van der Waals surface area (Å²) < 4.78 is 20.6. The van der Waals surface area contributed by atoms with Gasteiger partial charge in [-0.2, -0.15) is 9.78 Å². The van der Waals surface area contributed by atoms with E-state index < -0.39 is 0 Å². The van der Waals surface area contributed by atoms with Crippen LogP contribution in [-0.4, -0.2) is 64.2 Å². The number of hydrogen-bond donors (Lipinski definition) is 0. The van der Waals surface area contributed by atoms with Gasteiger partial charge < -0.3 is 23.4 Å². The second kappa shape index (κ2) is 11.9. The SMILES string of the molecule is Cc1cc(C=Nn2c(-c3cc4ccccc4o3)nc3ccccc3c2=O)c(C)n1-c1ccc(OCC(=O)N2CCOCC2)cc1. The summed E-state index contributed by atoms with van der Waals surface area (Å²) in [5, 5.41) is 6.03. The predicted molar refractivity (Wildman–Crippen MR) is 172 cm³/mol. The molecule has 1 saturated heterocycles. The molecule has 0 spiro atoms. The van der Waals surface area contributed by atoms with Gasteiger partial charge in [-0.15, -0.1) is 0 Å². The number of rotatable bonds is 7. The fraction of sp³-hybridized carbons (Fsp3) is 0.200. The lowest BCUT2D eigenvalue weighted by Crippen LogP contribution is -2.42. The molecule has 0 unspecified atom stereocenters. The van der Waals surface area contributed by atoms with Crippen LogP contribution in [0.4, 0.5) is 0 Å². The zero-order valence-electron chi connectivity index (χ0n) is 25.0. The number of aryl methyl sites for hydroxylation is 1. The van der Waals surface area contributed by atoms with Crippen molar-refractivity contribution in [2.45, 2.75) is 13.8 Å². The molecule has 3 aromatic carbocycles. The molecule has 0 atom stereocenters. The van der Waals surface area contributed by atoms with Gasteiger partial charge in [0.2, 0.25) is 5.82 Å². The molecule has 3 aromatic heterocycles. The molecule has 10 nitrogen and oxygen atoms in total. The largest absolute Gasteiger partial charge is 0.484 e.